The van der Waals surface area contributed by atoms with Gasteiger partial charge in [0.15, 0.2) is 6.61 Å². The van der Waals surface area contributed by atoms with Crippen molar-refractivity contribution in [3.63, 3.8) is 0 Å². The molecule has 1 amide bonds. The zero-order valence-corrected chi connectivity index (χ0v) is 16.6. The highest BCUT2D eigenvalue weighted by Crippen LogP contribution is 2.42. The summed E-state index contributed by atoms with van der Waals surface area (Å²) in [6.45, 7) is 6.20. The summed E-state index contributed by atoms with van der Waals surface area (Å²) >= 11 is 0. The molecule has 2 heterocycles. The largest absolute Gasteiger partial charge is 0.487 e. The second-order valence-corrected chi connectivity index (χ2v) is 7.58. The molecular formula is C21H27NO6. The first-order valence-corrected chi connectivity index (χ1v) is 9.66. The zero-order chi connectivity index (χ0) is 20.3. The standard InChI is InChI=1S/C21H27NO6/c1-4-13-10-18(25)27-20-14-6-7-21(2,3)28-15(14)11-16(19(13)20)26-12-17(24)22-8-5-9-23/h10-11,23H,4-9,12H2,1-3H3,(H,22,24). The van der Waals surface area contributed by atoms with E-state index in [1.165, 1.54) is 6.07 Å². The summed E-state index contributed by atoms with van der Waals surface area (Å²) in [7, 11) is 0. The van der Waals surface area contributed by atoms with E-state index >= 15 is 0 Å². The molecule has 0 radical (unpaired) electrons. The summed E-state index contributed by atoms with van der Waals surface area (Å²) in [4.78, 5) is 24.1. The maximum atomic E-state index is 12.1. The van der Waals surface area contributed by atoms with Crippen LogP contribution in [0.3, 0.4) is 0 Å². The predicted molar refractivity (Wildman–Crippen MR) is 105 cm³/mol. The van der Waals surface area contributed by atoms with Crippen LogP contribution in [0.25, 0.3) is 11.0 Å². The van der Waals surface area contributed by atoms with Gasteiger partial charge in [0.2, 0.25) is 0 Å². The van der Waals surface area contributed by atoms with Gasteiger partial charge in [0.05, 0.1) is 5.39 Å². The first-order valence-electron chi connectivity index (χ1n) is 9.66. The van der Waals surface area contributed by atoms with Gasteiger partial charge < -0.3 is 24.3 Å². The number of carbonyl (C=O) groups excluding carboxylic acids is 1. The summed E-state index contributed by atoms with van der Waals surface area (Å²) in [5.74, 6) is 0.802. The summed E-state index contributed by atoms with van der Waals surface area (Å²) in [5, 5.41) is 12.2. The van der Waals surface area contributed by atoms with Gasteiger partial charge >= 0.3 is 5.63 Å². The van der Waals surface area contributed by atoms with Crippen LogP contribution in [0.5, 0.6) is 11.5 Å². The Morgan fingerprint density at radius 2 is 2.14 bits per heavy atom. The molecule has 1 aliphatic heterocycles. The molecule has 0 atom stereocenters. The number of benzene rings is 1. The van der Waals surface area contributed by atoms with Gasteiger partial charge in [0.1, 0.15) is 22.7 Å². The minimum absolute atomic E-state index is 0.0165. The average molecular weight is 389 g/mol. The molecule has 28 heavy (non-hydrogen) atoms. The van der Waals surface area contributed by atoms with E-state index in [1.807, 2.05) is 20.8 Å². The topological polar surface area (TPSA) is 98.0 Å². The Hall–Kier alpha value is -2.54. The number of nitrogens with one attached hydrogen (secondary N) is 1. The number of hydrogen-bond acceptors (Lipinski definition) is 6. The van der Waals surface area contributed by atoms with E-state index in [0.29, 0.717) is 41.9 Å². The summed E-state index contributed by atoms with van der Waals surface area (Å²) in [5.41, 5.74) is 1.42. The third-order valence-corrected chi connectivity index (χ3v) is 4.88. The summed E-state index contributed by atoms with van der Waals surface area (Å²) in [6.07, 6.45) is 2.66. The third-order valence-electron chi connectivity index (χ3n) is 4.88. The van der Waals surface area contributed by atoms with Gasteiger partial charge in [-0.25, -0.2) is 4.79 Å². The Kier molecular flexibility index (Phi) is 5.93. The number of hydrogen-bond donors (Lipinski definition) is 2. The van der Waals surface area contributed by atoms with Crippen LogP contribution in [0.2, 0.25) is 0 Å². The van der Waals surface area contributed by atoms with E-state index in [2.05, 4.69) is 5.32 Å². The maximum absolute atomic E-state index is 12.1. The number of aliphatic hydroxyl groups excluding tert-OH is 1. The highest BCUT2D eigenvalue weighted by atomic mass is 16.5. The van der Waals surface area contributed by atoms with Crippen molar-refractivity contribution in [1.82, 2.24) is 5.32 Å². The Balaban J connectivity index is 2.01. The Morgan fingerprint density at radius 1 is 1.36 bits per heavy atom. The molecule has 0 bridgehead atoms. The van der Waals surface area contributed by atoms with Crippen molar-refractivity contribution >= 4 is 16.9 Å². The van der Waals surface area contributed by atoms with Crippen molar-refractivity contribution in [3.05, 3.63) is 33.7 Å². The fourth-order valence-electron chi connectivity index (χ4n) is 3.41. The molecule has 2 N–H and O–H groups in total. The lowest BCUT2D eigenvalue weighted by atomic mass is 9.92. The number of aliphatic hydroxyl groups is 1. The second-order valence-electron chi connectivity index (χ2n) is 7.58. The fraction of sp³-hybridized carbons (Fsp3) is 0.524. The first kappa shape index (κ1) is 20.2. The monoisotopic (exact) mass is 389 g/mol. The Morgan fingerprint density at radius 3 is 2.86 bits per heavy atom. The van der Waals surface area contributed by atoms with Crippen LogP contribution >= 0.6 is 0 Å². The van der Waals surface area contributed by atoms with E-state index in [-0.39, 0.29) is 24.7 Å². The molecule has 0 saturated carbocycles. The predicted octanol–water partition coefficient (Wildman–Crippen LogP) is 2.34. The van der Waals surface area contributed by atoms with E-state index in [1.54, 1.807) is 6.07 Å². The summed E-state index contributed by atoms with van der Waals surface area (Å²) in [6, 6.07) is 3.26. The van der Waals surface area contributed by atoms with E-state index in [4.69, 9.17) is 19.0 Å². The minimum atomic E-state index is -0.407. The van der Waals surface area contributed by atoms with Gasteiger partial charge in [-0.2, -0.15) is 0 Å². The lowest BCUT2D eigenvalue weighted by Crippen LogP contribution is -2.33. The molecule has 1 aromatic carbocycles. The van der Waals surface area contributed by atoms with Gasteiger partial charge in [-0.05, 0) is 45.1 Å². The molecule has 0 fully saturated rings. The van der Waals surface area contributed by atoms with Crippen LogP contribution in [0.1, 0.15) is 44.7 Å². The second kappa shape index (κ2) is 8.22. The summed E-state index contributed by atoms with van der Waals surface area (Å²) < 4.78 is 17.5. The van der Waals surface area contributed by atoms with Gasteiger partial charge in [-0.15, -0.1) is 0 Å². The van der Waals surface area contributed by atoms with Crippen molar-refractivity contribution in [3.8, 4) is 11.5 Å². The van der Waals surface area contributed by atoms with E-state index < -0.39 is 5.63 Å². The molecule has 0 spiro atoms. The molecule has 7 heteroatoms. The van der Waals surface area contributed by atoms with Crippen LogP contribution in [0.4, 0.5) is 0 Å². The number of ether oxygens (including phenoxy) is 2. The lowest BCUT2D eigenvalue weighted by molar-refractivity contribution is -0.123. The smallest absolute Gasteiger partial charge is 0.336 e. The molecule has 7 nitrogen and oxygen atoms in total. The van der Waals surface area contributed by atoms with Crippen molar-refractivity contribution < 1.29 is 23.8 Å². The van der Waals surface area contributed by atoms with Crippen molar-refractivity contribution in [2.24, 2.45) is 0 Å². The molecule has 0 unspecified atom stereocenters. The molecular weight excluding hydrogens is 362 g/mol. The number of aryl methyl sites for hydroxylation is 2. The zero-order valence-electron chi connectivity index (χ0n) is 16.6. The first-order chi connectivity index (χ1) is 13.3. The number of fused-ring (bicyclic) bond motifs is 3. The number of amides is 1. The normalized spacial score (nSPS) is 15.0. The van der Waals surface area contributed by atoms with Gasteiger partial charge in [-0.3, -0.25) is 4.79 Å². The van der Waals surface area contributed by atoms with E-state index in [9.17, 15) is 9.59 Å². The minimum Gasteiger partial charge on any atom is -0.487 e. The van der Waals surface area contributed by atoms with Crippen molar-refractivity contribution in [2.75, 3.05) is 19.8 Å². The van der Waals surface area contributed by atoms with Gasteiger partial charge in [-0.1, -0.05) is 6.92 Å². The van der Waals surface area contributed by atoms with Crippen molar-refractivity contribution in [2.45, 2.75) is 52.1 Å². The Labute approximate surface area is 163 Å². The number of carbonyl (C=O) groups is 1. The van der Waals surface area contributed by atoms with Gasteiger partial charge in [0, 0.05) is 30.8 Å². The Bertz CT molecular complexity index is 931. The molecule has 152 valence electrons. The van der Waals surface area contributed by atoms with Crippen LogP contribution in [-0.4, -0.2) is 36.4 Å². The molecule has 2 aromatic rings. The fourth-order valence-corrected chi connectivity index (χ4v) is 3.41. The molecule has 0 saturated heterocycles. The van der Waals surface area contributed by atoms with Crippen LogP contribution in [-0.2, 0) is 17.6 Å². The van der Waals surface area contributed by atoms with Crippen LogP contribution in [0, 0.1) is 0 Å². The van der Waals surface area contributed by atoms with Crippen LogP contribution < -0.4 is 20.4 Å². The molecule has 3 rings (SSSR count). The van der Waals surface area contributed by atoms with Gasteiger partial charge in [0.25, 0.3) is 5.91 Å². The average Bonchev–Trinajstić information content (AvgIpc) is 2.64. The quantitative estimate of drug-likeness (QED) is 0.557. The highest BCUT2D eigenvalue weighted by molar-refractivity contribution is 5.92. The SMILES string of the molecule is CCc1cc(=O)oc2c3c(cc(OCC(=O)NCCCO)c12)OC(C)(C)CC3. The third kappa shape index (κ3) is 4.30. The molecule has 1 aromatic heterocycles. The van der Waals surface area contributed by atoms with Crippen LogP contribution in [0.15, 0.2) is 21.3 Å². The maximum Gasteiger partial charge on any atom is 0.336 e. The van der Waals surface area contributed by atoms with E-state index in [0.717, 1.165) is 24.0 Å². The highest BCUT2D eigenvalue weighted by Gasteiger charge is 2.30. The lowest BCUT2D eigenvalue weighted by Gasteiger charge is -2.33. The molecule has 0 aliphatic carbocycles. The molecule has 1 aliphatic rings. The van der Waals surface area contributed by atoms with Crippen molar-refractivity contribution in [1.29, 1.82) is 0 Å². The number of rotatable bonds is 7.